The second-order valence-corrected chi connectivity index (χ2v) is 7.67. The van der Waals surface area contributed by atoms with Crippen LogP contribution >= 0.6 is 0 Å². The molecule has 34 heavy (non-hydrogen) atoms. The van der Waals surface area contributed by atoms with E-state index in [0.717, 1.165) is 10.6 Å². The summed E-state index contributed by atoms with van der Waals surface area (Å²) in [7, 11) is 0. The Balaban J connectivity index is 1.45. The third-order valence-electron chi connectivity index (χ3n) is 5.03. The number of hydrogen-bond donors (Lipinski definition) is 2. The van der Waals surface area contributed by atoms with Crippen molar-refractivity contribution in [3.05, 3.63) is 65.2 Å². The first-order valence-corrected chi connectivity index (χ1v) is 10.7. The van der Waals surface area contributed by atoms with Crippen LogP contribution in [-0.2, 0) is 23.9 Å². The molecule has 0 radical (unpaired) electrons. The normalized spacial score (nSPS) is 14.9. The number of benzene rings is 2. The van der Waals surface area contributed by atoms with Crippen molar-refractivity contribution >= 4 is 35.3 Å². The van der Waals surface area contributed by atoms with Crippen LogP contribution in [0.1, 0.15) is 39.6 Å². The number of ether oxygens (including phenoxy) is 2. The van der Waals surface area contributed by atoms with Gasteiger partial charge >= 0.3 is 11.9 Å². The van der Waals surface area contributed by atoms with Crippen LogP contribution in [0.2, 0.25) is 0 Å². The van der Waals surface area contributed by atoms with Crippen LogP contribution < -0.4 is 10.7 Å². The van der Waals surface area contributed by atoms with E-state index in [1.807, 2.05) is 6.92 Å². The summed E-state index contributed by atoms with van der Waals surface area (Å²) in [4.78, 5) is 60.6. The summed E-state index contributed by atoms with van der Waals surface area (Å²) in [5.74, 6) is -3.45. The molecule has 3 rings (SSSR count). The number of nitrogens with one attached hydrogen (secondary N) is 2. The summed E-state index contributed by atoms with van der Waals surface area (Å²) in [5, 5.41) is 3.63. The molecule has 0 saturated carbocycles. The van der Waals surface area contributed by atoms with E-state index in [0.29, 0.717) is 16.8 Å². The van der Waals surface area contributed by atoms with Gasteiger partial charge in [-0.1, -0.05) is 17.7 Å². The Hall–Kier alpha value is -4.21. The first-order chi connectivity index (χ1) is 16.3. The average molecular weight is 467 g/mol. The second-order valence-electron chi connectivity index (χ2n) is 7.67. The highest BCUT2D eigenvalue weighted by atomic mass is 16.5. The minimum Gasteiger partial charge on any atom is -0.462 e. The maximum absolute atomic E-state index is 12.3. The molecule has 1 aliphatic rings. The molecule has 1 fully saturated rings. The van der Waals surface area contributed by atoms with E-state index in [9.17, 15) is 24.0 Å². The molecule has 178 valence electrons. The van der Waals surface area contributed by atoms with Crippen LogP contribution in [-0.4, -0.2) is 54.4 Å². The van der Waals surface area contributed by atoms with Gasteiger partial charge in [-0.25, -0.2) is 4.79 Å². The van der Waals surface area contributed by atoms with Crippen LogP contribution in [0.25, 0.3) is 0 Å². The number of aryl methyl sites for hydroxylation is 1. The third-order valence-corrected chi connectivity index (χ3v) is 5.03. The van der Waals surface area contributed by atoms with Crippen molar-refractivity contribution < 1.29 is 33.4 Å². The Labute approximate surface area is 196 Å². The zero-order valence-electron chi connectivity index (χ0n) is 18.8. The van der Waals surface area contributed by atoms with Gasteiger partial charge in [0.05, 0.1) is 24.6 Å². The molecule has 0 aliphatic carbocycles. The van der Waals surface area contributed by atoms with Crippen LogP contribution in [0.15, 0.2) is 48.5 Å². The molecule has 10 nitrogen and oxygen atoms in total. The van der Waals surface area contributed by atoms with Crippen LogP contribution in [0.4, 0.5) is 5.69 Å². The number of hydrazine groups is 1. The van der Waals surface area contributed by atoms with Crippen molar-refractivity contribution in [2.24, 2.45) is 5.92 Å². The van der Waals surface area contributed by atoms with Gasteiger partial charge in [0.1, 0.15) is 0 Å². The van der Waals surface area contributed by atoms with E-state index in [1.54, 1.807) is 31.2 Å². The van der Waals surface area contributed by atoms with E-state index in [2.05, 4.69) is 10.7 Å². The molecular weight excluding hydrogens is 442 g/mol. The molecule has 10 heteroatoms. The molecule has 0 aromatic heterocycles. The lowest BCUT2D eigenvalue weighted by Gasteiger charge is -2.17. The molecule has 0 spiro atoms. The summed E-state index contributed by atoms with van der Waals surface area (Å²) in [6.07, 6.45) is -0.135. The average Bonchev–Trinajstić information content (AvgIpc) is 3.18. The molecule has 2 N–H and O–H groups in total. The molecule has 1 aliphatic heterocycles. The smallest absolute Gasteiger partial charge is 0.338 e. The zero-order chi connectivity index (χ0) is 24.7. The summed E-state index contributed by atoms with van der Waals surface area (Å²) in [5.41, 5.74) is 4.63. The number of anilines is 1. The number of nitrogens with zero attached hydrogens (tertiary/aromatic N) is 1. The van der Waals surface area contributed by atoms with E-state index in [-0.39, 0.29) is 19.6 Å². The highest BCUT2D eigenvalue weighted by Gasteiger charge is 2.36. The molecule has 2 aromatic carbocycles. The van der Waals surface area contributed by atoms with E-state index >= 15 is 0 Å². The highest BCUT2D eigenvalue weighted by molar-refractivity contribution is 5.97. The first-order valence-electron chi connectivity index (χ1n) is 10.7. The standard InChI is InChI=1S/C24H25N3O7/c1-3-33-23(31)17-8-10-19(11-9-17)25-20(28)14-34-24(32)18-12-21(29)27(13-18)26-22(30)16-6-4-15(2)5-7-16/h4-11,18H,3,12-14H2,1-2H3,(H,25,28)(H,26,30)/t18-/m0/s1. The molecule has 0 unspecified atom stereocenters. The van der Waals surface area contributed by atoms with E-state index in [4.69, 9.17) is 9.47 Å². The Morgan fingerprint density at radius 2 is 1.62 bits per heavy atom. The summed E-state index contributed by atoms with van der Waals surface area (Å²) >= 11 is 0. The van der Waals surface area contributed by atoms with Crippen LogP contribution in [0.3, 0.4) is 0 Å². The fraction of sp³-hybridized carbons (Fsp3) is 0.292. The molecule has 0 bridgehead atoms. The van der Waals surface area contributed by atoms with Gasteiger partial charge in [0, 0.05) is 17.7 Å². The highest BCUT2D eigenvalue weighted by Crippen LogP contribution is 2.18. The minimum atomic E-state index is -0.803. The van der Waals surface area contributed by atoms with Gasteiger partial charge in [-0.15, -0.1) is 0 Å². The summed E-state index contributed by atoms with van der Waals surface area (Å²) < 4.78 is 9.93. The first kappa shape index (κ1) is 24.4. The Morgan fingerprint density at radius 1 is 0.971 bits per heavy atom. The van der Waals surface area contributed by atoms with Gasteiger partial charge in [-0.2, -0.15) is 0 Å². The predicted molar refractivity (Wildman–Crippen MR) is 120 cm³/mol. The van der Waals surface area contributed by atoms with Gasteiger partial charge in [0.25, 0.3) is 11.8 Å². The Morgan fingerprint density at radius 3 is 2.26 bits per heavy atom. The molecular formula is C24H25N3O7. The largest absolute Gasteiger partial charge is 0.462 e. The lowest BCUT2D eigenvalue weighted by atomic mass is 10.1. The predicted octanol–water partition coefficient (Wildman–Crippen LogP) is 1.85. The van der Waals surface area contributed by atoms with Crippen molar-refractivity contribution in [3.8, 4) is 0 Å². The van der Waals surface area contributed by atoms with Gasteiger partial charge in [0.2, 0.25) is 5.91 Å². The van der Waals surface area contributed by atoms with E-state index in [1.165, 1.54) is 24.3 Å². The van der Waals surface area contributed by atoms with Crippen molar-refractivity contribution in [1.29, 1.82) is 0 Å². The number of rotatable bonds is 8. The molecule has 2 aromatic rings. The number of hydrogen-bond acceptors (Lipinski definition) is 7. The van der Waals surface area contributed by atoms with Gasteiger partial charge in [-0.3, -0.25) is 29.6 Å². The topological polar surface area (TPSA) is 131 Å². The molecule has 1 atom stereocenters. The minimum absolute atomic E-state index is 0.0494. The third kappa shape index (κ3) is 6.41. The van der Waals surface area contributed by atoms with Gasteiger partial charge < -0.3 is 14.8 Å². The maximum Gasteiger partial charge on any atom is 0.338 e. The lowest BCUT2D eigenvalue weighted by Crippen LogP contribution is -2.43. The van der Waals surface area contributed by atoms with Crippen LogP contribution in [0, 0.1) is 12.8 Å². The van der Waals surface area contributed by atoms with E-state index < -0.39 is 42.2 Å². The van der Waals surface area contributed by atoms with Crippen molar-refractivity contribution in [2.75, 3.05) is 25.1 Å². The molecule has 3 amide bonds. The zero-order valence-corrected chi connectivity index (χ0v) is 18.8. The fourth-order valence-electron chi connectivity index (χ4n) is 3.22. The Kier molecular flexibility index (Phi) is 7.96. The number of carbonyl (C=O) groups is 5. The maximum atomic E-state index is 12.3. The van der Waals surface area contributed by atoms with Gasteiger partial charge in [-0.05, 0) is 50.2 Å². The Bertz CT molecular complexity index is 1080. The molecule has 1 saturated heterocycles. The summed E-state index contributed by atoms with van der Waals surface area (Å²) in [6, 6.07) is 12.9. The SMILES string of the molecule is CCOC(=O)c1ccc(NC(=O)COC(=O)[C@H]2CC(=O)N(NC(=O)c3ccc(C)cc3)C2)cc1. The van der Waals surface area contributed by atoms with Crippen molar-refractivity contribution in [2.45, 2.75) is 20.3 Å². The monoisotopic (exact) mass is 467 g/mol. The lowest BCUT2D eigenvalue weighted by molar-refractivity contribution is -0.151. The molecule has 1 heterocycles. The number of esters is 2. The fourth-order valence-corrected chi connectivity index (χ4v) is 3.22. The number of carbonyl (C=O) groups excluding carboxylic acids is 5. The number of amides is 3. The quantitative estimate of drug-likeness (QED) is 0.567. The van der Waals surface area contributed by atoms with Gasteiger partial charge in [0.15, 0.2) is 6.61 Å². The van der Waals surface area contributed by atoms with Crippen molar-refractivity contribution in [3.63, 3.8) is 0 Å². The van der Waals surface area contributed by atoms with Crippen molar-refractivity contribution in [1.82, 2.24) is 10.4 Å². The summed E-state index contributed by atoms with van der Waals surface area (Å²) in [6.45, 7) is 3.26. The second kappa shape index (κ2) is 11.1. The van der Waals surface area contributed by atoms with Crippen LogP contribution in [0.5, 0.6) is 0 Å².